The molecule has 0 saturated carbocycles. The minimum atomic E-state index is -0.398. The van der Waals surface area contributed by atoms with Crippen molar-refractivity contribution in [1.29, 1.82) is 0 Å². The first kappa shape index (κ1) is 11.0. The molecule has 3 rings (SSSR count). The van der Waals surface area contributed by atoms with E-state index in [1.165, 1.54) is 0 Å². The van der Waals surface area contributed by atoms with Gasteiger partial charge in [0.2, 0.25) is 0 Å². The lowest BCUT2D eigenvalue weighted by atomic mass is 10.4. The van der Waals surface area contributed by atoms with Gasteiger partial charge in [0.05, 0.1) is 0 Å². The van der Waals surface area contributed by atoms with Crippen LogP contribution in [0.2, 0.25) is 0 Å². The topological polar surface area (TPSA) is 43.6 Å². The molecule has 0 fully saturated rings. The molecule has 0 aliphatic carbocycles. The minimum Gasteiger partial charge on any atom is -0.456 e. The van der Waals surface area contributed by atoms with E-state index in [9.17, 15) is 4.79 Å². The fourth-order valence-electron chi connectivity index (χ4n) is 1.63. The van der Waals surface area contributed by atoms with Gasteiger partial charge < -0.3 is 9.14 Å². The summed E-state index contributed by atoms with van der Waals surface area (Å²) in [7, 11) is 0. The lowest BCUT2D eigenvalue weighted by Crippen LogP contribution is -2.05. The normalized spacial score (nSPS) is 10.7. The van der Waals surface area contributed by atoms with Gasteiger partial charge in [-0.15, -0.1) is 0 Å². The lowest BCUT2D eigenvalue weighted by Gasteiger charge is -1.99. The molecule has 5 heteroatoms. The number of hydrogen-bond acceptors (Lipinski definition) is 4. The Balaban J connectivity index is 1.75. The van der Waals surface area contributed by atoms with Gasteiger partial charge in [0.15, 0.2) is 5.69 Å². The third-order valence-electron chi connectivity index (χ3n) is 2.52. The summed E-state index contributed by atoms with van der Waals surface area (Å²) >= 11 is 1.58. The summed E-state index contributed by atoms with van der Waals surface area (Å²) in [6.45, 7) is 0.288. The number of aromatic nitrogens is 2. The molecule has 0 saturated heterocycles. The van der Waals surface area contributed by atoms with Crippen LogP contribution in [0.5, 0.6) is 0 Å². The van der Waals surface area contributed by atoms with Crippen LogP contribution < -0.4 is 0 Å². The molecular formula is C13H10N2O2S. The Kier molecular flexibility index (Phi) is 2.82. The average molecular weight is 258 g/mol. The Labute approximate surface area is 107 Å². The average Bonchev–Trinajstić information content (AvgIpc) is 3.04. The Morgan fingerprint density at radius 1 is 1.39 bits per heavy atom. The molecule has 0 aromatic carbocycles. The largest absolute Gasteiger partial charge is 0.456 e. The quantitative estimate of drug-likeness (QED) is 0.678. The van der Waals surface area contributed by atoms with E-state index < -0.39 is 5.97 Å². The van der Waals surface area contributed by atoms with E-state index in [1.807, 2.05) is 41.2 Å². The van der Waals surface area contributed by atoms with Gasteiger partial charge in [-0.1, -0.05) is 6.07 Å². The van der Waals surface area contributed by atoms with E-state index in [2.05, 4.69) is 4.98 Å². The summed E-state index contributed by atoms with van der Waals surface area (Å²) in [4.78, 5) is 16.0. The second-order valence-electron chi connectivity index (χ2n) is 3.80. The van der Waals surface area contributed by atoms with Crippen LogP contribution in [-0.2, 0) is 11.3 Å². The zero-order valence-electron chi connectivity index (χ0n) is 9.45. The molecule has 0 aliphatic rings. The van der Waals surface area contributed by atoms with Crippen LogP contribution >= 0.6 is 11.3 Å². The highest BCUT2D eigenvalue weighted by molar-refractivity contribution is 7.07. The molecule has 3 heterocycles. The lowest BCUT2D eigenvalue weighted by molar-refractivity contribution is 0.0467. The highest BCUT2D eigenvalue weighted by Crippen LogP contribution is 2.10. The van der Waals surface area contributed by atoms with E-state index in [4.69, 9.17) is 4.74 Å². The van der Waals surface area contributed by atoms with Gasteiger partial charge in [-0.2, -0.15) is 11.3 Å². The second-order valence-corrected chi connectivity index (χ2v) is 4.58. The SMILES string of the molecule is O=C(OCc1ccsc1)c1cn2ccccc2n1. The molecule has 0 spiro atoms. The number of ether oxygens (including phenoxy) is 1. The van der Waals surface area contributed by atoms with Crippen molar-refractivity contribution in [2.75, 3.05) is 0 Å². The summed E-state index contributed by atoms with van der Waals surface area (Å²) in [6, 6.07) is 7.54. The van der Waals surface area contributed by atoms with Crippen molar-refractivity contribution in [3.05, 3.63) is 58.7 Å². The van der Waals surface area contributed by atoms with Crippen LogP contribution in [0.1, 0.15) is 16.1 Å². The fraction of sp³-hybridized carbons (Fsp3) is 0.0769. The van der Waals surface area contributed by atoms with Gasteiger partial charge in [-0.25, -0.2) is 9.78 Å². The maximum atomic E-state index is 11.8. The van der Waals surface area contributed by atoms with Crippen LogP contribution in [-0.4, -0.2) is 15.4 Å². The highest BCUT2D eigenvalue weighted by Gasteiger charge is 2.12. The predicted molar refractivity (Wildman–Crippen MR) is 68.6 cm³/mol. The number of nitrogens with zero attached hydrogens (tertiary/aromatic N) is 2. The number of esters is 1. The fourth-order valence-corrected chi connectivity index (χ4v) is 2.28. The summed E-state index contributed by atoms with van der Waals surface area (Å²) in [5.74, 6) is -0.398. The Morgan fingerprint density at radius 3 is 3.11 bits per heavy atom. The molecule has 3 aromatic rings. The van der Waals surface area contributed by atoms with E-state index in [1.54, 1.807) is 21.9 Å². The molecule has 0 bridgehead atoms. The highest BCUT2D eigenvalue weighted by atomic mass is 32.1. The molecule has 4 nitrogen and oxygen atoms in total. The van der Waals surface area contributed by atoms with Crippen molar-refractivity contribution in [3.8, 4) is 0 Å². The first-order valence-corrected chi connectivity index (χ1v) is 6.39. The predicted octanol–water partition coefficient (Wildman–Crippen LogP) is 2.75. The summed E-state index contributed by atoms with van der Waals surface area (Å²) in [6.07, 6.45) is 3.52. The molecule has 90 valence electrons. The van der Waals surface area contributed by atoms with Crippen LogP contribution in [0.25, 0.3) is 5.65 Å². The van der Waals surface area contributed by atoms with Crippen LogP contribution in [0, 0.1) is 0 Å². The molecule has 3 aromatic heterocycles. The maximum absolute atomic E-state index is 11.8. The Bertz CT molecular complexity index is 640. The van der Waals surface area contributed by atoms with E-state index in [-0.39, 0.29) is 6.61 Å². The van der Waals surface area contributed by atoms with Crippen molar-refractivity contribution >= 4 is 23.0 Å². The van der Waals surface area contributed by atoms with E-state index >= 15 is 0 Å². The van der Waals surface area contributed by atoms with E-state index in [0.29, 0.717) is 5.69 Å². The zero-order chi connectivity index (χ0) is 12.4. The third kappa shape index (κ3) is 2.12. The molecule has 18 heavy (non-hydrogen) atoms. The molecule has 0 radical (unpaired) electrons. The van der Waals surface area contributed by atoms with Gasteiger partial charge in [-0.05, 0) is 29.0 Å². The number of carbonyl (C=O) groups excluding carboxylic acids is 1. The number of carbonyl (C=O) groups is 1. The number of thiophene rings is 1. The molecule has 0 amide bonds. The van der Waals surface area contributed by atoms with Crippen molar-refractivity contribution in [2.24, 2.45) is 0 Å². The molecule has 0 atom stereocenters. The number of rotatable bonds is 3. The maximum Gasteiger partial charge on any atom is 0.358 e. The monoisotopic (exact) mass is 258 g/mol. The third-order valence-corrected chi connectivity index (χ3v) is 3.26. The van der Waals surface area contributed by atoms with Crippen LogP contribution in [0.3, 0.4) is 0 Å². The minimum absolute atomic E-state index is 0.288. The van der Waals surface area contributed by atoms with Crippen LogP contribution in [0.4, 0.5) is 0 Å². The van der Waals surface area contributed by atoms with Gasteiger partial charge in [0.1, 0.15) is 12.3 Å². The number of imidazole rings is 1. The summed E-state index contributed by atoms with van der Waals surface area (Å²) < 4.78 is 6.99. The van der Waals surface area contributed by atoms with Crippen molar-refractivity contribution < 1.29 is 9.53 Å². The number of pyridine rings is 1. The van der Waals surface area contributed by atoms with E-state index in [0.717, 1.165) is 11.2 Å². The summed E-state index contributed by atoms with van der Waals surface area (Å²) in [5.41, 5.74) is 2.06. The number of hydrogen-bond donors (Lipinski definition) is 0. The Hall–Kier alpha value is -2.14. The summed E-state index contributed by atoms with van der Waals surface area (Å²) in [5, 5.41) is 3.91. The van der Waals surface area contributed by atoms with Crippen molar-refractivity contribution in [1.82, 2.24) is 9.38 Å². The molecule has 0 N–H and O–H groups in total. The van der Waals surface area contributed by atoms with Crippen LogP contribution in [0.15, 0.2) is 47.4 Å². The standard InChI is InChI=1S/C13H10N2O2S/c16-13(17-8-10-4-6-18-9-10)11-7-15-5-2-1-3-12(15)14-11/h1-7,9H,8H2. The molecular weight excluding hydrogens is 248 g/mol. The van der Waals surface area contributed by atoms with Gasteiger partial charge in [0, 0.05) is 18.0 Å². The zero-order valence-corrected chi connectivity index (χ0v) is 10.3. The second kappa shape index (κ2) is 4.62. The van der Waals surface area contributed by atoms with Gasteiger partial charge >= 0.3 is 5.97 Å². The molecule has 0 unspecified atom stereocenters. The van der Waals surface area contributed by atoms with Gasteiger partial charge in [0.25, 0.3) is 0 Å². The first-order valence-electron chi connectivity index (χ1n) is 5.45. The first-order chi connectivity index (χ1) is 8.83. The van der Waals surface area contributed by atoms with Crippen molar-refractivity contribution in [3.63, 3.8) is 0 Å². The van der Waals surface area contributed by atoms with Gasteiger partial charge in [-0.3, -0.25) is 0 Å². The smallest absolute Gasteiger partial charge is 0.358 e. The molecule has 0 aliphatic heterocycles. The van der Waals surface area contributed by atoms with Crippen molar-refractivity contribution in [2.45, 2.75) is 6.61 Å². The number of fused-ring (bicyclic) bond motifs is 1. The Morgan fingerprint density at radius 2 is 2.33 bits per heavy atom.